The minimum absolute atomic E-state index is 0.0654. The van der Waals surface area contributed by atoms with Crippen LogP contribution in [0.25, 0.3) is 0 Å². The van der Waals surface area contributed by atoms with Crippen molar-refractivity contribution in [1.29, 1.82) is 0 Å². The van der Waals surface area contributed by atoms with Gasteiger partial charge in [-0.1, -0.05) is 49.5 Å². The van der Waals surface area contributed by atoms with E-state index in [4.69, 9.17) is 18.0 Å². The molecule has 1 heterocycles. The van der Waals surface area contributed by atoms with Crippen LogP contribution in [-0.4, -0.2) is 36.1 Å². The first kappa shape index (κ1) is 15.4. The Morgan fingerprint density at radius 3 is 2.65 bits per heavy atom. The topological polar surface area (TPSA) is 63.4 Å². The molecular weight excluding hydrogens is 292 g/mol. The average molecular weight is 312 g/mol. The van der Waals surface area contributed by atoms with Crippen LogP contribution < -0.4 is 5.73 Å². The molecule has 6 heteroatoms. The molecule has 2 unspecified atom stereocenters. The van der Waals surface area contributed by atoms with E-state index in [0.717, 1.165) is 6.42 Å². The number of benzene rings is 1. The van der Waals surface area contributed by atoms with Gasteiger partial charge in [0.15, 0.2) is 0 Å². The number of nitrogens with two attached hydrogens (primary N) is 1. The molecule has 4 nitrogen and oxygen atoms in total. The molecule has 1 aromatic carbocycles. The lowest BCUT2D eigenvalue weighted by molar-refractivity contribution is 0.467. The fourth-order valence-corrected chi connectivity index (χ4v) is 5.05. The lowest BCUT2D eigenvalue weighted by atomic mass is 9.99. The second-order valence-electron chi connectivity index (χ2n) is 5.10. The van der Waals surface area contributed by atoms with Crippen molar-refractivity contribution in [2.75, 3.05) is 13.1 Å². The van der Waals surface area contributed by atoms with E-state index in [-0.39, 0.29) is 10.9 Å². The zero-order valence-electron chi connectivity index (χ0n) is 11.5. The van der Waals surface area contributed by atoms with Gasteiger partial charge in [-0.15, -0.1) is 0 Å². The summed E-state index contributed by atoms with van der Waals surface area (Å²) in [6, 6.07) is 10.0. The van der Waals surface area contributed by atoms with Crippen molar-refractivity contribution in [1.82, 2.24) is 4.31 Å². The van der Waals surface area contributed by atoms with E-state index in [1.165, 1.54) is 9.87 Å². The van der Waals surface area contributed by atoms with E-state index >= 15 is 0 Å². The van der Waals surface area contributed by atoms with Crippen LogP contribution >= 0.6 is 12.2 Å². The van der Waals surface area contributed by atoms with E-state index in [2.05, 4.69) is 0 Å². The lowest BCUT2D eigenvalue weighted by Crippen LogP contribution is -2.43. The zero-order valence-corrected chi connectivity index (χ0v) is 13.2. The van der Waals surface area contributed by atoms with Crippen LogP contribution in [0.4, 0.5) is 0 Å². The van der Waals surface area contributed by atoms with E-state index < -0.39 is 15.3 Å². The fourth-order valence-electron chi connectivity index (χ4n) is 2.70. The molecular formula is C14H20N2O2S2. The highest BCUT2D eigenvalue weighted by Gasteiger charge is 2.37. The third kappa shape index (κ3) is 3.02. The fraction of sp³-hybridized carbons (Fsp3) is 0.500. The zero-order chi connectivity index (χ0) is 14.8. The van der Waals surface area contributed by atoms with Crippen LogP contribution in [0, 0.1) is 0 Å². The smallest absolute Gasteiger partial charge is 0.223 e. The van der Waals surface area contributed by atoms with Gasteiger partial charge in [0.1, 0.15) is 5.25 Å². The number of thiocarbonyl (C=S) groups is 1. The molecule has 0 bridgehead atoms. The first-order valence-electron chi connectivity index (χ1n) is 6.80. The predicted octanol–water partition coefficient (Wildman–Crippen LogP) is 1.87. The van der Waals surface area contributed by atoms with Crippen LogP contribution in [0.2, 0.25) is 0 Å². The molecule has 0 radical (unpaired) electrons. The highest BCUT2D eigenvalue weighted by molar-refractivity contribution is 7.92. The number of rotatable bonds is 5. The van der Waals surface area contributed by atoms with E-state index in [9.17, 15) is 8.42 Å². The molecule has 0 amide bonds. The minimum atomic E-state index is -3.42. The number of hydrogen-bond acceptors (Lipinski definition) is 3. The van der Waals surface area contributed by atoms with Gasteiger partial charge >= 0.3 is 0 Å². The Kier molecular flexibility index (Phi) is 4.78. The van der Waals surface area contributed by atoms with Crippen molar-refractivity contribution in [2.45, 2.75) is 30.9 Å². The van der Waals surface area contributed by atoms with Crippen LogP contribution in [0.15, 0.2) is 30.3 Å². The largest absolute Gasteiger partial charge is 0.392 e. The molecule has 2 atom stereocenters. The molecule has 1 saturated heterocycles. The van der Waals surface area contributed by atoms with E-state index in [1.54, 1.807) is 6.92 Å². The van der Waals surface area contributed by atoms with Crippen molar-refractivity contribution < 1.29 is 8.42 Å². The van der Waals surface area contributed by atoms with Crippen molar-refractivity contribution in [3.8, 4) is 0 Å². The number of nitrogens with zero attached hydrogens (tertiary/aromatic N) is 1. The van der Waals surface area contributed by atoms with Gasteiger partial charge in [-0.3, -0.25) is 0 Å². The van der Waals surface area contributed by atoms with Crippen LogP contribution in [0.3, 0.4) is 0 Å². The van der Waals surface area contributed by atoms with Crippen molar-refractivity contribution in [2.24, 2.45) is 5.73 Å². The highest BCUT2D eigenvalue weighted by Crippen LogP contribution is 2.30. The molecule has 1 aromatic rings. The molecule has 0 aromatic heterocycles. The Bertz CT molecular complexity index is 572. The number of hydrogen-bond donors (Lipinski definition) is 1. The summed E-state index contributed by atoms with van der Waals surface area (Å²) in [4.78, 5) is 0.0654. The highest BCUT2D eigenvalue weighted by atomic mass is 32.2. The van der Waals surface area contributed by atoms with Crippen molar-refractivity contribution >= 4 is 27.2 Å². The molecule has 0 saturated carbocycles. The molecule has 20 heavy (non-hydrogen) atoms. The maximum Gasteiger partial charge on any atom is 0.223 e. The normalized spacial score (nSPS) is 21.8. The Morgan fingerprint density at radius 1 is 1.45 bits per heavy atom. The Labute approximate surface area is 126 Å². The van der Waals surface area contributed by atoms with Gasteiger partial charge in [0.25, 0.3) is 0 Å². The molecule has 0 spiro atoms. The van der Waals surface area contributed by atoms with Crippen LogP contribution in [0.1, 0.15) is 31.2 Å². The Morgan fingerprint density at radius 2 is 2.10 bits per heavy atom. The van der Waals surface area contributed by atoms with Gasteiger partial charge < -0.3 is 5.73 Å². The summed E-state index contributed by atoms with van der Waals surface area (Å²) in [5.74, 6) is 0.259. The van der Waals surface area contributed by atoms with Crippen LogP contribution in [0.5, 0.6) is 0 Å². The molecule has 1 aliphatic heterocycles. The second kappa shape index (κ2) is 6.20. The summed E-state index contributed by atoms with van der Waals surface area (Å²) in [6.45, 7) is 2.86. The summed E-state index contributed by atoms with van der Waals surface area (Å²) in [5.41, 5.74) is 6.76. The van der Waals surface area contributed by atoms with Gasteiger partial charge in [-0.05, 0) is 24.3 Å². The van der Waals surface area contributed by atoms with Gasteiger partial charge in [0.2, 0.25) is 10.0 Å². The summed E-state index contributed by atoms with van der Waals surface area (Å²) >= 11 is 4.89. The Balaban J connectivity index is 2.15. The molecule has 0 aliphatic carbocycles. The van der Waals surface area contributed by atoms with Crippen molar-refractivity contribution in [3.05, 3.63) is 35.9 Å². The third-order valence-electron chi connectivity index (χ3n) is 3.83. The lowest BCUT2D eigenvalue weighted by Gasteiger charge is -2.22. The first-order valence-corrected chi connectivity index (χ1v) is 8.71. The van der Waals surface area contributed by atoms with Crippen molar-refractivity contribution in [3.63, 3.8) is 0 Å². The maximum absolute atomic E-state index is 12.5. The van der Waals surface area contributed by atoms with Gasteiger partial charge in [-0.25, -0.2) is 12.7 Å². The monoisotopic (exact) mass is 312 g/mol. The van der Waals surface area contributed by atoms with Gasteiger partial charge in [0.05, 0.1) is 4.99 Å². The van der Waals surface area contributed by atoms with Crippen LogP contribution in [-0.2, 0) is 10.0 Å². The SMILES string of the molecule is CCC(C(N)=S)S(=O)(=O)N1CCC(c2ccccc2)C1. The molecule has 1 aliphatic rings. The van der Waals surface area contributed by atoms with Gasteiger partial charge in [0, 0.05) is 13.1 Å². The summed E-state index contributed by atoms with van der Waals surface area (Å²) < 4.78 is 26.6. The molecule has 110 valence electrons. The summed E-state index contributed by atoms with van der Waals surface area (Å²) in [7, 11) is -3.42. The number of sulfonamides is 1. The Hall–Kier alpha value is -0.980. The molecule has 2 N–H and O–H groups in total. The molecule has 2 rings (SSSR count). The summed E-state index contributed by atoms with van der Waals surface area (Å²) in [6.07, 6.45) is 1.27. The second-order valence-corrected chi connectivity index (χ2v) is 7.69. The van der Waals surface area contributed by atoms with E-state index in [1.807, 2.05) is 30.3 Å². The maximum atomic E-state index is 12.5. The standard InChI is InChI=1S/C14H20N2O2S2/c1-2-13(14(15)19)20(17,18)16-9-8-12(10-16)11-6-4-3-5-7-11/h3-7,12-13H,2,8-10H2,1H3,(H2,15,19). The van der Waals surface area contributed by atoms with Gasteiger partial charge in [-0.2, -0.15) is 0 Å². The molecule has 1 fully saturated rings. The quantitative estimate of drug-likeness (QED) is 0.843. The predicted molar refractivity (Wildman–Crippen MR) is 85.2 cm³/mol. The van der Waals surface area contributed by atoms with E-state index in [0.29, 0.717) is 19.5 Å². The summed E-state index contributed by atoms with van der Waals surface area (Å²) in [5, 5.41) is -0.743. The first-order chi connectivity index (χ1) is 9.46. The third-order valence-corrected chi connectivity index (χ3v) is 6.62. The average Bonchev–Trinajstić information content (AvgIpc) is 2.90. The minimum Gasteiger partial charge on any atom is -0.392 e.